The second-order valence-corrected chi connectivity index (χ2v) is 9.05. The molecule has 0 N–H and O–H groups in total. The largest absolute Gasteiger partial charge is 0.456 e. The van der Waals surface area contributed by atoms with Crippen LogP contribution in [0.2, 0.25) is 0 Å². The third-order valence-corrected chi connectivity index (χ3v) is 5.19. The van der Waals surface area contributed by atoms with Crippen molar-refractivity contribution in [1.29, 1.82) is 0 Å². The van der Waals surface area contributed by atoms with Crippen molar-refractivity contribution in [2.45, 2.75) is 45.4 Å². The standard InChI is InChI=1S/C23H24BrNO5/c1-23(2,3)30-22(28)25-13-17-7-5-4-6-16(17)12-19(25)21(27)29-14-20(26)15-8-10-18(24)11-9-15/h4-11,19H,12-14H2,1-3H3/t19-/m0/s1. The number of hydrogen-bond donors (Lipinski definition) is 0. The minimum Gasteiger partial charge on any atom is -0.456 e. The van der Waals surface area contributed by atoms with E-state index in [4.69, 9.17) is 9.47 Å². The lowest BCUT2D eigenvalue weighted by Crippen LogP contribution is -2.51. The summed E-state index contributed by atoms with van der Waals surface area (Å²) in [6.45, 7) is 5.17. The number of halogens is 1. The predicted molar refractivity (Wildman–Crippen MR) is 115 cm³/mol. The number of Topliss-reactive ketones (excluding diaryl/α,β-unsaturated/α-hetero) is 1. The van der Waals surface area contributed by atoms with Gasteiger partial charge in [0.25, 0.3) is 0 Å². The highest BCUT2D eigenvalue weighted by molar-refractivity contribution is 9.10. The Kier molecular flexibility index (Phi) is 6.61. The maximum atomic E-state index is 12.8. The van der Waals surface area contributed by atoms with Crippen molar-refractivity contribution in [3.8, 4) is 0 Å². The number of ketones is 1. The summed E-state index contributed by atoms with van der Waals surface area (Å²) >= 11 is 3.32. The van der Waals surface area contributed by atoms with Gasteiger partial charge in [-0.15, -0.1) is 0 Å². The third-order valence-electron chi connectivity index (χ3n) is 4.66. The molecule has 1 aliphatic rings. The van der Waals surface area contributed by atoms with Gasteiger partial charge in [-0.05, 0) is 44.0 Å². The fourth-order valence-electron chi connectivity index (χ4n) is 3.20. The molecule has 7 heteroatoms. The number of nitrogens with zero attached hydrogens (tertiary/aromatic N) is 1. The molecule has 0 aliphatic carbocycles. The van der Waals surface area contributed by atoms with Crippen molar-refractivity contribution in [2.75, 3.05) is 6.61 Å². The van der Waals surface area contributed by atoms with E-state index in [-0.39, 0.29) is 18.9 Å². The van der Waals surface area contributed by atoms with Crippen LogP contribution < -0.4 is 0 Å². The Labute approximate surface area is 184 Å². The Morgan fingerprint density at radius 3 is 2.30 bits per heavy atom. The molecule has 0 saturated carbocycles. The smallest absolute Gasteiger partial charge is 0.411 e. The molecule has 2 aromatic rings. The molecular formula is C23H24BrNO5. The topological polar surface area (TPSA) is 72.9 Å². The fraction of sp³-hybridized carbons (Fsp3) is 0.348. The molecule has 0 fully saturated rings. The molecule has 0 bridgehead atoms. The Hall–Kier alpha value is -2.67. The number of rotatable bonds is 4. The van der Waals surface area contributed by atoms with Gasteiger partial charge in [0.05, 0.1) is 6.54 Å². The molecule has 0 unspecified atom stereocenters. The van der Waals surface area contributed by atoms with Gasteiger partial charge < -0.3 is 9.47 Å². The molecule has 158 valence electrons. The highest BCUT2D eigenvalue weighted by Gasteiger charge is 2.38. The normalized spacial score (nSPS) is 15.9. The number of carbonyl (C=O) groups is 3. The average molecular weight is 474 g/mol. The molecule has 0 aromatic heterocycles. The molecule has 3 rings (SSSR count). The first-order valence-corrected chi connectivity index (χ1v) is 10.4. The fourth-order valence-corrected chi connectivity index (χ4v) is 3.46. The van der Waals surface area contributed by atoms with Crippen molar-refractivity contribution < 1.29 is 23.9 Å². The van der Waals surface area contributed by atoms with E-state index < -0.39 is 23.7 Å². The molecule has 2 aromatic carbocycles. The van der Waals surface area contributed by atoms with Gasteiger partial charge in [0, 0.05) is 16.5 Å². The lowest BCUT2D eigenvalue weighted by molar-refractivity contribution is -0.149. The predicted octanol–water partition coefficient (Wildman–Crippen LogP) is 4.54. The van der Waals surface area contributed by atoms with Crippen LogP contribution in [0, 0.1) is 0 Å². The van der Waals surface area contributed by atoms with Crippen LogP contribution in [0.4, 0.5) is 4.79 Å². The van der Waals surface area contributed by atoms with Gasteiger partial charge in [0.15, 0.2) is 12.4 Å². The summed E-state index contributed by atoms with van der Waals surface area (Å²) in [6, 6.07) is 13.6. The summed E-state index contributed by atoms with van der Waals surface area (Å²) in [5, 5.41) is 0. The first kappa shape index (κ1) is 22.0. The van der Waals surface area contributed by atoms with Crippen molar-refractivity contribution in [3.63, 3.8) is 0 Å². The second kappa shape index (κ2) is 9.00. The van der Waals surface area contributed by atoms with Crippen LogP contribution in [-0.4, -0.2) is 41.0 Å². The Balaban J connectivity index is 1.74. The Morgan fingerprint density at radius 2 is 1.67 bits per heavy atom. The van der Waals surface area contributed by atoms with E-state index in [0.29, 0.717) is 12.0 Å². The molecule has 1 atom stereocenters. The van der Waals surface area contributed by atoms with Gasteiger partial charge >= 0.3 is 12.1 Å². The number of ether oxygens (including phenoxy) is 2. The number of esters is 1. The number of benzene rings is 2. The summed E-state index contributed by atoms with van der Waals surface area (Å²) in [4.78, 5) is 39.3. The first-order valence-electron chi connectivity index (χ1n) is 9.66. The van der Waals surface area contributed by atoms with Crippen LogP contribution in [-0.2, 0) is 27.2 Å². The third kappa shape index (κ3) is 5.48. The summed E-state index contributed by atoms with van der Waals surface area (Å²) in [5.74, 6) is -0.934. The molecule has 0 radical (unpaired) electrons. The van der Waals surface area contributed by atoms with E-state index in [1.165, 1.54) is 4.90 Å². The van der Waals surface area contributed by atoms with Crippen LogP contribution >= 0.6 is 15.9 Å². The van der Waals surface area contributed by atoms with Crippen LogP contribution in [0.5, 0.6) is 0 Å². The average Bonchev–Trinajstić information content (AvgIpc) is 2.70. The van der Waals surface area contributed by atoms with Gasteiger partial charge in [-0.3, -0.25) is 9.69 Å². The lowest BCUT2D eigenvalue weighted by atomic mass is 9.94. The highest BCUT2D eigenvalue weighted by Crippen LogP contribution is 2.26. The van der Waals surface area contributed by atoms with Crippen molar-refractivity contribution in [3.05, 3.63) is 69.7 Å². The summed E-state index contributed by atoms with van der Waals surface area (Å²) < 4.78 is 11.6. The van der Waals surface area contributed by atoms with E-state index in [1.54, 1.807) is 45.0 Å². The van der Waals surface area contributed by atoms with Gasteiger partial charge in [-0.1, -0.05) is 52.3 Å². The minimum absolute atomic E-state index is 0.242. The molecule has 30 heavy (non-hydrogen) atoms. The quantitative estimate of drug-likeness (QED) is 0.481. The maximum absolute atomic E-state index is 12.8. The first-order chi connectivity index (χ1) is 14.1. The van der Waals surface area contributed by atoms with Crippen LogP contribution in [0.1, 0.15) is 42.3 Å². The van der Waals surface area contributed by atoms with Gasteiger partial charge in [0.1, 0.15) is 11.6 Å². The van der Waals surface area contributed by atoms with E-state index in [1.807, 2.05) is 24.3 Å². The minimum atomic E-state index is -0.854. The maximum Gasteiger partial charge on any atom is 0.411 e. The molecule has 1 heterocycles. The van der Waals surface area contributed by atoms with Crippen molar-refractivity contribution in [2.24, 2.45) is 0 Å². The van der Waals surface area contributed by atoms with Crippen LogP contribution in [0.15, 0.2) is 53.0 Å². The molecule has 0 spiro atoms. The zero-order chi connectivity index (χ0) is 21.9. The van der Waals surface area contributed by atoms with Gasteiger partial charge in [-0.25, -0.2) is 9.59 Å². The number of carbonyl (C=O) groups excluding carboxylic acids is 3. The van der Waals surface area contributed by atoms with E-state index in [9.17, 15) is 14.4 Å². The highest BCUT2D eigenvalue weighted by atomic mass is 79.9. The number of fused-ring (bicyclic) bond motifs is 1. The molecule has 1 aliphatic heterocycles. The van der Waals surface area contributed by atoms with E-state index >= 15 is 0 Å². The molecule has 0 saturated heterocycles. The Morgan fingerprint density at radius 1 is 1.03 bits per heavy atom. The second-order valence-electron chi connectivity index (χ2n) is 8.13. The summed E-state index contributed by atoms with van der Waals surface area (Å²) in [7, 11) is 0. The van der Waals surface area contributed by atoms with Gasteiger partial charge in [-0.2, -0.15) is 0 Å². The zero-order valence-corrected chi connectivity index (χ0v) is 18.8. The summed E-state index contributed by atoms with van der Waals surface area (Å²) in [6.07, 6.45) is -0.279. The molecule has 6 nitrogen and oxygen atoms in total. The van der Waals surface area contributed by atoms with E-state index in [0.717, 1.165) is 15.6 Å². The van der Waals surface area contributed by atoms with Crippen LogP contribution in [0.25, 0.3) is 0 Å². The monoisotopic (exact) mass is 473 g/mol. The van der Waals surface area contributed by atoms with E-state index in [2.05, 4.69) is 15.9 Å². The van der Waals surface area contributed by atoms with Crippen molar-refractivity contribution in [1.82, 2.24) is 4.90 Å². The lowest BCUT2D eigenvalue weighted by Gasteiger charge is -2.36. The summed E-state index contributed by atoms with van der Waals surface area (Å²) in [5.41, 5.74) is 1.68. The van der Waals surface area contributed by atoms with Gasteiger partial charge in [0.2, 0.25) is 0 Å². The van der Waals surface area contributed by atoms with Crippen LogP contribution in [0.3, 0.4) is 0 Å². The molecular weight excluding hydrogens is 450 g/mol. The zero-order valence-electron chi connectivity index (χ0n) is 17.2. The number of hydrogen-bond acceptors (Lipinski definition) is 5. The Bertz CT molecular complexity index is 949. The number of amides is 1. The SMILES string of the molecule is CC(C)(C)OC(=O)N1Cc2ccccc2C[C@H]1C(=O)OCC(=O)c1ccc(Br)cc1. The molecule has 1 amide bonds. The van der Waals surface area contributed by atoms with Crippen molar-refractivity contribution >= 4 is 33.8 Å².